The maximum Gasteiger partial charge on any atom is 0.419 e. The van der Waals surface area contributed by atoms with E-state index in [2.05, 4.69) is 15.9 Å². The van der Waals surface area contributed by atoms with Gasteiger partial charge in [0.2, 0.25) is 0 Å². The Kier molecular flexibility index (Phi) is 3.53. The normalized spacial score (nSPS) is 13.0. The van der Waals surface area contributed by atoms with Gasteiger partial charge in [-0.1, -0.05) is 22.0 Å². The van der Waals surface area contributed by atoms with Crippen molar-refractivity contribution in [3.63, 3.8) is 0 Å². The summed E-state index contributed by atoms with van der Waals surface area (Å²) in [6.07, 6.45) is 0. The predicted octanol–water partition coefficient (Wildman–Crippen LogP) is 4.31. The van der Waals surface area contributed by atoms with Gasteiger partial charge >= 0.3 is 5.76 Å². The van der Waals surface area contributed by atoms with Crippen molar-refractivity contribution >= 4 is 27.0 Å². The largest absolute Gasteiger partial charge is 0.466 e. The van der Waals surface area contributed by atoms with E-state index in [1.165, 1.54) is 0 Å². The van der Waals surface area contributed by atoms with Crippen molar-refractivity contribution in [2.24, 2.45) is 0 Å². The van der Waals surface area contributed by atoms with Crippen molar-refractivity contribution in [3.05, 3.63) is 57.5 Å². The summed E-state index contributed by atoms with van der Waals surface area (Å²) < 4.78 is 12.5. The van der Waals surface area contributed by atoms with E-state index in [9.17, 15) is 4.79 Å². The zero-order chi connectivity index (χ0) is 15.1. The number of hydrogen-bond donors (Lipinski definition) is 0. The van der Waals surface area contributed by atoms with E-state index in [1.54, 1.807) is 4.57 Å². The van der Waals surface area contributed by atoms with E-state index in [1.807, 2.05) is 45.0 Å². The van der Waals surface area contributed by atoms with Gasteiger partial charge in [-0.15, -0.1) is 0 Å². The summed E-state index contributed by atoms with van der Waals surface area (Å²) >= 11 is 3.70. The van der Waals surface area contributed by atoms with Crippen molar-refractivity contribution < 1.29 is 8.83 Å². The third-order valence-electron chi connectivity index (χ3n) is 3.65. The van der Waals surface area contributed by atoms with Crippen LogP contribution in [0, 0.1) is 13.8 Å². The molecule has 2 aromatic heterocycles. The highest BCUT2D eigenvalue weighted by atomic mass is 79.9. The molecule has 1 unspecified atom stereocenters. The van der Waals surface area contributed by atoms with Gasteiger partial charge in [0.25, 0.3) is 0 Å². The average Bonchev–Trinajstić information content (AvgIpc) is 2.95. The quantitative estimate of drug-likeness (QED) is 0.662. The van der Waals surface area contributed by atoms with E-state index in [0.717, 1.165) is 28.2 Å². The van der Waals surface area contributed by atoms with Crippen LogP contribution < -0.4 is 5.76 Å². The zero-order valence-corrected chi connectivity index (χ0v) is 13.7. The first-order valence-corrected chi connectivity index (χ1v) is 7.77. The van der Waals surface area contributed by atoms with Gasteiger partial charge in [0, 0.05) is 12.1 Å². The van der Waals surface area contributed by atoms with E-state index in [0.29, 0.717) is 12.1 Å². The van der Waals surface area contributed by atoms with E-state index in [4.69, 9.17) is 8.83 Å². The molecule has 0 fully saturated rings. The van der Waals surface area contributed by atoms with Crippen LogP contribution in [0.5, 0.6) is 0 Å². The lowest BCUT2D eigenvalue weighted by atomic mass is 10.0. The van der Waals surface area contributed by atoms with Gasteiger partial charge in [0.05, 0.1) is 10.3 Å². The molecule has 1 aromatic carbocycles. The summed E-state index contributed by atoms with van der Waals surface area (Å²) in [6, 6.07) is 7.86. The fourth-order valence-electron chi connectivity index (χ4n) is 2.62. The predicted molar refractivity (Wildman–Crippen MR) is 85.1 cm³/mol. The molecule has 3 aromatic rings. The van der Waals surface area contributed by atoms with Crippen LogP contribution in [0.3, 0.4) is 0 Å². The highest BCUT2D eigenvalue weighted by Gasteiger charge is 2.18. The molecule has 0 radical (unpaired) electrons. The lowest BCUT2D eigenvalue weighted by molar-refractivity contribution is 0.501. The van der Waals surface area contributed by atoms with Gasteiger partial charge in [-0.25, -0.2) is 4.79 Å². The highest BCUT2D eigenvalue weighted by molar-refractivity contribution is 9.09. The Morgan fingerprint density at radius 2 is 2.00 bits per heavy atom. The number of oxazole rings is 1. The number of furan rings is 1. The molecule has 0 aliphatic rings. The second-order valence-electron chi connectivity index (χ2n) is 5.07. The molecule has 0 saturated carbocycles. The van der Waals surface area contributed by atoms with Crippen LogP contribution in [0.25, 0.3) is 11.1 Å². The van der Waals surface area contributed by atoms with Crippen LogP contribution in [0.4, 0.5) is 0 Å². The van der Waals surface area contributed by atoms with Crippen LogP contribution in [0.15, 0.2) is 37.9 Å². The summed E-state index contributed by atoms with van der Waals surface area (Å²) in [4.78, 5) is 11.8. The average molecular weight is 350 g/mol. The number of benzene rings is 1. The van der Waals surface area contributed by atoms with Crippen LogP contribution in [-0.4, -0.2) is 4.57 Å². The Balaban J connectivity index is 2.09. The van der Waals surface area contributed by atoms with E-state index < -0.39 is 0 Å². The van der Waals surface area contributed by atoms with Crippen molar-refractivity contribution in [1.29, 1.82) is 0 Å². The summed E-state index contributed by atoms with van der Waals surface area (Å²) in [5, 5.41) is 0. The fourth-order valence-corrected chi connectivity index (χ4v) is 3.36. The lowest BCUT2D eigenvalue weighted by Crippen LogP contribution is -2.11. The summed E-state index contributed by atoms with van der Waals surface area (Å²) in [5.74, 6) is 1.46. The van der Waals surface area contributed by atoms with Gasteiger partial charge in [0.15, 0.2) is 5.58 Å². The number of alkyl halides is 1. The molecule has 0 bridgehead atoms. The molecule has 4 nitrogen and oxygen atoms in total. The first-order chi connectivity index (χ1) is 10.0. The topological polar surface area (TPSA) is 48.3 Å². The molecule has 0 spiro atoms. The zero-order valence-electron chi connectivity index (χ0n) is 12.1. The van der Waals surface area contributed by atoms with Gasteiger partial charge < -0.3 is 8.83 Å². The SMILES string of the molecule is CCn1c(=O)oc2cc(C(Br)c3cc(C)oc3C)ccc21. The molecule has 0 aliphatic heterocycles. The minimum Gasteiger partial charge on any atom is -0.466 e. The Labute approximate surface area is 130 Å². The molecule has 1 atom stereocenters. The lowest BCUT2D eigenvalue weighted by Gasteiger charge is -2.09. The Hall–Kier alpha value is -1.75. The minimum absolute atomic E-state index is 0.00892. The number of halogens is 1. The summed E-state index contributed by atoms with van der Waals surface area (Å²) in [5.41, 5.74) is 3.56. The Morgan fingerprint density at radius 1 is 1.24 bits per heavy atom. The van der Waals surface area contributed by atoms with E-state index in [-0.39, 0.29) is 10.6 Å². The van der Waals surface area contributed by atoms with Gasteiger partial charge in [0.1, 0.15) is 11.5 Å². The first kappa shape index (κ1) is 14.2. The first-order valence-electron chi connectivity index (χ1n) is 6.85. The van der Waals surface area contributed by atoms with Crippen LogP contribution in [0.1, 0.15) is 34.4 Å². The second-order valence-corrected chi connectivity index (χ2v) is 5.99. The molecule has 0 aliphatic carbocycles. The molecule has 2 heterocycles. The number of aromatic nitrogens is 1. The van der Waals surface area contributed by atoms with Crippen molar-refractivity contribution in [1.82, 2.24) is 4.57 Å². The molecule has 21 heavy (non-hydrogen) atoms. The maximum absolute atomic E-state index is 11.7. The maximum atomic E-state index is 11.7. The standard InChI is InChI=1S/C16H16BrNO3/c1-4-18-13-6-5-11(8-14(13)21-16(18)19)15(17)12-7-9(2)20-10(12)3/h5-8,15H,4H2,1-3H3. The number of fused-ring (bicyclic) bond motifs is 1. The minimum atomic E-state index is -0.314. The summed E-state index contributed by atoms with van der Waals surface area (Å²) in [7, 11) is 0. The molecular formula is C16H16BrNO3. The van der Waals surface area contributed by atoms with Gasteiger partial charge in [-0.3, -0.25) is 4.57 Å². The number of aryl methyl sites for hydroxylation is 3. The smallest absolute Gasteiger partial charge is 0.419 e. The molecule has 5 heteroatoms. The van der Waals surface area contributed by atoms with Crippen molar-refractivity contribution in [3.8, 4) is 0 Å². The van der Waals surface area contributed by atoms with Crippen molar-refractivity contribution in [2.45, 2.75) is 32.1 Å². The number of nitrogens with zero attached hydrogens (tertiary/aromatic N) is 1. The highest BCUT2D eigenvalue weighted by Crippen LogP contribution is 2.35. The van der Waals surface area contributed by atoms with Gasteiger partial charge in [-0.05, 0) is 44.5 Å². The number of hydrogen-bond acceptors (Lipinski definition) is 3. The molecular weight excluding hydrogens is 334 g/mol. The Bertz CT molecular complexity index is 856. The molecule has 3 rings (SSSR count). The van der Waals surface area contributed by atoms with Gasteiger partial charge in [-0.2, -0.15) is 0 Å². The monoisotopic (exact) mass is 349 g/mol. The number of rotatable bonds is 3. The third kappa shape index (κ3) is 2.35. The van der Waals surface area contributed by atoms with E-state index >= 15 is 0 Å². The van der Waals surface area contributed by atoms with Crippen LogP contribution in [0.2, 0.25) is 0 Å². The third-order valence-corrected chi connectivity index (χ3v) is 4.68. The molecule has 0 amide bonds. The molecule has 110 valence electrons. The van der Waals surface area contributed by atoms with Crippen LogP contribution in [-0.2, 0) is 6.54 Å². The fraction of sp³-hybridized carbons (Fsp3) is 0.312. The molecule has 0 saturated heterocycles. The Morgan fingerprint density at radius 3 is 2.62 bits per heavy atom. The summed E-state index contributed by atoms with van der Waals surface area (Å²) in [6.45, 7) is 6.40. The van der Waals surface area contributed by atoms with Crippen molar-refractivity contribution in [2.75, 3.05) is 0 Å². The molecule has 0 N–H and O–H groups in total. The second kappa shape index (κ2) is 5.22. The van der Waals surface area contributed by atoms with Crippen LogP contribution >= 0.6 is 15.9 Å².